The van der Waals surface area contributed by atoms with Crippen LogP contribution in [0.15, 0.2) is 120 Å². The molecule has 0 spiro atoms. The standard InChI is InChI=1S/C30H25N5O12S3/c1-46-25-16-24(26(47-2)15-23(25)33-32-22-11-9-20(48(37,38)39)14-27(22)49(40,41)42)34-35-29-28(50(43,44)45)13-17-12-19(8-10-21(17)30(29)36)31-18-6-4-3-5-7-18/h3-16,31,36H,1-2H3,(H,37,38,39)(H,40,41,42)(H,43,44,45). The van der Waals surface area contributed by atoms with E-state index in [9.17, 15) is 44.0 Å². The van der Waals surface area contributed by atoms with Crippen molar-refractivity contribution in [3.05, 3.63) is 84.9 Å². The van der Waals surface area contributed by atoms with Crippen molar-refractivity contribution in [2.45, 2.75) is 14.7 Å². The normalized spacial score (nSPS) is 12.5. The minimum atomic E-state index is -5.03. The maximum Gasteiger partial charge on any atom is 0.296 e. The summed E-state index contributed by atoms with van der Waals surface area (Å²) in [6, 6.07) is 19.7. The van der Waals surface area contributed by atoms with Crippen molar-refractivity contribution < 1.29 is 53.5 Å². The molecule has 0 saturated heterocycles. The number of anilines is 2. The fraction of sp³-hybridized carbons (Fsp3) is 0.0667. The minimum Gasteiger partial charge on any atom is -0.505 e. The number of hydrogen-bond donors (Lipinski definition) is 5. The van der Waals surface area contributed by atoms with Gasteiger partial charge in [-0.1, -0.05) is 18.2 Å². The topological polar surface area (TPSA) is 263 Å². The van der Waals surface area contributed by atoms with Crippen molar-refractivity contribution >= 4 is 75.3 Å². The lowest BCUT2D eigenvalue weighted by atomic mass is 10.1. The van der Waals surface area contributed by atoms with Crippen molar-refractivity contribution in [2.24, 2.45) is 20.5 Å². The van der Waals surface area contributed by atoms with E-state index in [1.165, 1.54) is 32.4 Å². The third-order valence-corrected chi connectivity index (χ3v) is 9.50. The number of para-hydroxylation sites is 1. The molecule has 5 N–H and O–H groups in total. The van der Waals surface area contributed by atoms with Gasteiger partial charge in [0.05, 0.1) is 19.1 Å². The first-order valence-electron chi connectivity index (χ1n) is 13.8. The number of ether oxygens (including phenoxy) is 2. The van der Waals surface area contributed by atoms with Gasteiger partial charge in [0, 0.05) is 28.9 Å². The second-order valence-electron chi connectivity index (χ2n) is 10.1. The lowest BCUT2D eigenvalue weighted by Crippen LogP contribution is -2.03. The molecule has 5 aromatic carbocycles. The smallest absolute Gasteiger partial charge is 0.296 e. The van der Waals surface area contributed by atoms with Crippen LogP contribution in [0.2, 0.25) is 0 Å². The number of nitrogens with zero attached hydrogens (tertiary/aromatic N) is 4. The summed E-state index contributed by atoms with van der Waals surface area (Å²) in [5.41, 5.74) is 0.0673. The van der Waals surface area contributed by atoms with Gasteiger partial charge in [0.15, 0.2) is 5.75 Å². The number of nitrogens with one attached hydrogen (secondary N) is 1. The Morgan fingerprint density at radius 2 is 1.16 bits per heavy atom. The van der Waals surface area contributed by atoms with Crippen LogP contribution in [0, 0.1) is 0 Å². The SMILES string of the molecule is COc1cc(N=Nc2c(S(=O)(=O)O)cc3cc(Nc4ccccc4)ccc3c2O)c(OC)cc1N=Nc1ccc(S(=O)(=O)O)cc1S(=O)(=O)O. The Balaban J connectivity index is 1.55. The molecule has 50 heavy (non-hydrogen) atoms. The van der Waals surface area contributed by atoms with Crippen LogP contribution >= 0.6 is 0 Å². The highest BCUT2D eigenvalue weighted by atomic mass is 32.2. The Kier molecular flexibility index (Phi) is 9.86. The van der Waals surface area contributed by atoms with Crippen molar-refractivity contribution in [3.8, 4) is 17.2 Å². The van der Waals surface area contributed by atoms with Crippen LogP contribution in [0.25, 0.3) is 10.8 Å². The van der Waals surface area contributed by atoms with E-state index in [1.54, 1.807) is 12.1 Å². The number of phenols is 1. The molecule has 5 aromatic rings. The van der Waals surface area contributed by atoms with E-state index in [-0.39, 0.29) is 33.6 Å². The van der Waals surface area contributed by atoms with Crippen LogP contribution in [0.1, 0.15) is 0 Å². The number of azo groups is 2. The fourth-order valence-electron chi connectivity index (χ4n) is 4.59. The minimum absolute atomic E-state index is 0.0504. The number of methoxy groups -OCH3 is 2. The zero-order chi connectivity index (χ0) is 36.4. The number of fused-ring (bicyclic) bond motifs is 1. The first-order valence-corrected chi connectivity index (χ1v) is 18.1. The van der Waals surface area contributed by atoms with Gasteiger partial charge in [0.25, 0.3) is 30.4 Å². The van der Waals surface area contributed by atoms with Crippen LogP contribution in [-0.2, 0) is 30.4 Å². The summed E-state index contributed by atoms with van der Waals surface area (Å²) in [7, 11) is -12.3. The molecule has 0 heterocycles. The second-order valence-corrected chi connectivity index (χ2v) is 14.4. The van der Waals surface area contributed by atoms with Crippen molar-refractivity contribution in [3.63, 3.8) is 0 Å². The number of aromatic hydroxyl groups is 1. The number of phenolic OH excluding ortho intramolecular Hbond substituents is 1. The van der Waals surface area contributed by atoms with Crippen LogP contribution in [0.3, 0.4) is 0 Å². The number of benzene rings is 5. The third kappa shape index (κ3) is 7.86. The molecule has 0 saturated carbocycles. The van der Waals surface area contributed by atoms with Crippen LogP contribution in [0.4, 0.5) is 34.1 Å². The zero-order valence-electron chi connectivity index (χ0n) is 25.7. The Morgan fingerprint density at radius 1 is 0.580 bits per heavy atom. The highest BCUT2D eigenvalue weighted by Crippen LogP contribution is 2.45. The van der Waals surface area contributed by atoms with Gasteiger partial charge >= 0.3 is 0 Å². The molecule has 0 aliphatic carbocycles. The maximum atomic E-state index is 12.4. The van der Waals surface area contributed by atoms with Gasteiger partial charge in [-0.2, -0.15) is 25.3 Å². The van der Waals surface area contributed by atoms with Crippen LogP contribution < -0.4 is 14.8 Å². The molecule has 20 heteroatoms. The summed E-state index contributed by atoms with van der Waals surface area (Å²) in [5.74, 6) is -0.704. The molecule has 5 rings (SSSR count). The average molecular weight is 744 g/mol. The molecular formula is C30H25N5O12S3. The Bertz CT molecular complexity index is 2530. The van der Waals surface area contributed by atoms with Gasteiger partial charge < -0.3 is 19.9 Å². The molecule has 0 amide bonds. The maximum absolute atomic E-state index is 12.4. The summed E-state index contributed by atoms with van der Waals surface area (Å²) in [4.78, 5) is -2.53. The van der Waals surface area contributed by atoms with Gasteiger partial charge in [0.1, 0.15) is 44.0 Å². The van der Waals surface area contributed by atoms with Gasteiger partial charge in [-0.3, -0.25) is 13.7 Å². The Morgan fingerprint density at radius 3 is 1.72 bits per heavy atom. The van der Waals surface area contributed by atoms with E-state index in [1.807, 2.05) is 30.3 Å². The van der Waals surface area contributed by atoms with Gasteiger partial charge in [-0.15, -0.1) is 20.5 Å². The van der Waals surface area contributed by atoms with E-state index < -0.39 is 62.2 Å². The van der Waals surface area contributed by atoms with Gasteiger partial charge in [-0.05, 0) is 60.0 Å². The van der Waals surface area contributed by atoms with Crippen molar-refractivity contribution in [2.75, 3.05) is 19.5 Å². The van der Waals surface area contributed by atoms with E-state index in [2.05, 4.69) is 25.8 Å². The molecule has 0 aliphatic heterocycles. The second kappa shape index (κ2) is 13.8. The predicted molar refractivity (Wildman–Crippen MR) is 179 cm³/mol. The molecule has 260 valence electrons. The fourth-order valence-corrected chi connectivity index (χ4v) is 6.48. The average Bonchev–Trinajstić information content (AvgIpc) is 3.05. The summed E-state index contributed by atoms with van der Waals surface area (Å²) in [6.45, 7) is 0. The largest absolute Gasteiger partial charge is 0.505 e. The summed E-state index contributed by atoms with van der Waals surface area (Å²) in [5, 5.41) is 30.3. The lowest BCUT2D eigenvalue weighted by molar-refractivity contribution is 0.405. The van der Waals surface area contributed by atoms with Crippen LogP contribution in [0.5, 0.6) is 17.2 Å². The third-order valence-electron chi connectivity index (χ3n) is 6.90. The number of rotatable bonds is 11. The van der Waals surface area contributed by atoms with Crippen molar-refractivity contribution in [1.82, 2.24) is 0 Å². The van der Waals surface area contributed by atoms with Gasteiger partial charge in [0.2, 0.25) is 0 Å². The van der Waals surface area contributed by atoms with E-state index in [0.29, 0.717) is 11.8 Å². The summed E-state index contributed by atoms with van der Waals surface area (Å²) in [6.07, 6.45) is 0. The number of hydrogen-bond acceptors (Lipinski definition) is 14. The molecule has 0 atom stereocenters. The molecule has 0 radical (unpaired) electrons. The van der Waals surface area contributed by atoms with Crippen molar-refractivity contribution in [1.29, 1.82) is 0 Å². The molecule has 17 nitrogen and oxygen atoms in total. The summed E-state index contributed by atoms with van der Waals surface area (Å²) >= 11 is 0. The molecule has 0 aromatic heterocycles. The highest BCUT2D eigenvalue weighted by Gasteiger charge is 2.24. The van der Waals surface area contributed by atoms with E-state index in [4.69, 9.17) is 9.47 Å². The Labute approximate surface area is 284 Å². The first kappa shape index (κ1) is 35.8. The molecule has 0 fully saturated rings. The molecular weight excluding hydrogens is 719 g/mol. The predicted octanol–water partition coefficient (Wildman–Crippen LogP) is 6.88. The summed E-state index contributed by atoms with van der Waals surface area (Å²) < 4.78 is 111. The lowest BCUT2D eigenvalue weighted by Gasteiger charge is -2.12. The molecule has 0 bridgehead atoms. The highest BCUT2D eigenvalue weighted by molar-refractivity contribution is 7.87. The van der Waals surface area contributed by atoms with Gasteiger partial charge in [-0.25, -0.2) is 0 Å². The zero-order valence-corrected chi connectivity index (χ0v) is 28.1. The monoisotopic (exact) mass is 743 g/mol. The quantitative estimate of drug-likeness (QED) is 0.0683. The van der Waals surface area contributed by atoms with E-state index in [0.717, 1.165) is 23.9 Å². The van der Waals surface area contributed by atoms with Crippen LogP contribution in [-0.4, -0.2) is 58.2 Å². The first-order chi connectivity index (χ1) is 23.5. The Hall–Kier alpha value is -5.51. The molecule has 0 unspecified atom stereocenters. The van der Waals surface area contributed by atoms with E-state index >= 15 is 0 Å². The molecule has 0 aliphatic rings.